The van der Waals surface area contributed by atoms with Crippen LogP contribution < -0.4 is 10.6 Å². The van der Waals surface area contributed by atoms with Crippen molar-refractivity contribution in [1.29, 1.82) is 0 Å². The van der Waals surface area contributed by atoms with Crippen molar-refractivity contribution in [2.45, 2.75) is 69.7 Å². The number of aliphatic hydroxyl groups is 1. The molecule has 0 bridgehead atoms. The molecule has 2 fully saturated rings. The van der Waals surface area contributed by atoms with Crippen molar-refractivity contribution < 1.29 is 14.6 Å². The van der Waals surface area contributed by atoms with E-state index in [-0.39, 0.29) is 6.03 Å². The Balaban J connectivity index is 1.44. The number of anilines is 1. The fraction of sp³-hybridized carbons (Fsp3) is 0.632. The number of benzene rings is 1. The summed E-state index contributed by atoms with van der Waals surface area (Å²) in [5.74, 6) is 0. The summed E-state index contributed by atoms with van der Waals surface area (Å²) in [6.07, 6.45) is 9.10. The standard InChI is InChI=1S/C19H28N2O3/c22-18(20-14-19(23)10-5-11-19)21-16-7-4-6-15(12-16)13-24-17-8-2-1-3-9-17/h4,6-7,12,17,23H,1-3,5,8-11,13-14H2,(H2,20,21,22). The average molecular weight is 332 g/mol. The number of ether oxygens (including phenoxy) is 1. The molecule has 0 heterocycles. The summed E-state index contributed by atoms with van der Waals surface area (Å²) in [5, 5.41) is 15.6. The van der Waals surface area contributed by atoms with Gasteiger partial charge in [-0.1, -0.05) is 31.4 Å². The molecule has 0 atom stereocenters. The minimum Gasteiger partial charge on any atom is -0.388 e. The van der Waals surface area contributed by atoms with Crippen LogP contribution in [0.15, 0.2) is 24.3 Å². The van der Waals surface area contributed by atoms with Gasteiger partial charge in [0, 0.05) is 12.2 Å². The first-order chi connectivity index (χ1) is 11.6. The fourth-order valence-electron chi connectivity index (χ4n) is 3.37. The van der Waals surface area contributed by atoms with Gasteiger partial charge in [0.05, 0.1) is 18.3 Å². The predicted octanol–water partition coefficient (Wildman–Crippen LogP) is 3.57. The van der Waals surface area contributed by atoms with E-state index in [0.717, 1.165) is 43.4 Å². The van der Waals surface area contributed by atoms with Gasteiger partial charge in [-0.05, 0) is 49.8 Å². The van der Waals surface area contributed by atoms with Crippen LogP contribution in [-0.4, -0.2) is 29.4 Å². The number of hydrogen-bond donors (Lipinski definition) is 3. The van der Waals surface area contributed by atoms with E-state index in [1.165, 1.54) is 19.3 Å². The van der Waals surface area contributed by atoms with Crippen molar-refractivity contribution >= 4 is 11.7 Å². The van der Waals surface area contributed by atoms with E-state index in [9.17, 15) is 9.90 Å². The number of hydrogen-bond acceptors (Lipinski definition) is 3. The number of urea groups is 1. The third-order valence-electron chi connectivity index (χ3n) is 5.09. The van der Waals surface area contributed by atoms with E-state index in [1.54, 1.807) is 0 Å². The van der Waals surface area contributed by atoms with Gasteiger partial charge < -0.3 is 20.5 Å². The van der Waals surface area contributed by atoms with E-state index in [1.807, 2.05) is 24.3 Å². The van der Waals surface area contributed by atoms with Gasteiger partial charge in [0.15, 0.2) is 0 Å². The van der Waals surface area contributed by atoms with Crippen LogP contribution in [0.25, 0.3) is 0 Å². The molecule has 24 heavy (non-hydrogen) atoms. The molecule has 0 radical (unpaired) electrons. The van der Waals surface area contributed by atoms with Crippen LogP contribution in [-0.2, 0) is 11.3 Å². The van der Waals surface area contributed by atoms with Crippen molar-refractivity contribution in [3.05, 3.63) is 29.8 Å². The predicted molar refractivity (Wildman–Crippen MR) is 93.9 cm³/mol. The molecule has 1 aromatic carbocycles. The molecule has 0 unspecified atom stereocenters. The molecule has 5 nitrogen and oxygen atoms in total. The maximum atomic E-state index is 12.0. The van der Waals surface area contributed by atoms with Gasteiger partial charge in [0.25, 0.3) is 0 Å². The number of nitrogens with one attached hydrogen (secondary N) is 2. The molecular formula is C19H28N2O3. The second-order valence-corrected chi connectivity index (χ2v) is 7.16. The lowest BCUT2D eigenvalue weighted by Gasteiger charge is -2.36. The molecule has 2 aliphatic rings. The molecule has 0 saturated heterocycles. The first kappa shape index (κ1) is 17.2. The second kappa shape index (κ2) is 7.99. The molecule has 2 aliphatic carbocycles. The Kier molecular flexibility index (Phi) is 5.74. The van der Waals surface area contributed by atoms with Crippen LogP contribution in [0.2, 0.25) is 0 Å². The van der Waals surface area contributed by atoms with Gasteiger partial charge in [0.1, 0.15) is 0 Å². The van der Waals surface area contributed by atoms with Crippen LogP contribution in [0, 0.1) is 0 Å². The number of carbonyl (C=O) groups is 1. The highest BCUT2D eigenvalue weighted by Gasteiger charge is 2.34. The molecule has 2 amide bonds. The van der Waals surface area contributed by atoms with Gasteiger partial charge in [-0.15, -0.1) is 0 Å². The number of carbonyl (C=O) groups excluding carboxylic acids is 1. The Labute approximate surface area is 143 Å². The van der Waals surface area contributed by atoms with Crippen molar-refractivity contribution in [2.24, 2.45) is 0 Å². The Hall–Kier alpha value is -1.59. The first-order valence-corrected chi connectivity index (χ1v) is 9.11. The lowest BCUT2D eigenvalue weighted by molar-refractivity contribution is -0.0287. The summed E-state index contributed by atoms with van der Waals surface area (Å²) in [6, 6.07) is 7.47. The van der Waals surface area contributed by atoms with Gasteiger partial charge in [0.2, 0.25) is 0 Å². The summed E-state index contributed by atoms with van der Waals surface area (Å²) in [5.41, 5.74) is 1.11. The maximum Gasteiger partial charge on any atom is 0.319 e. The molecule has 1 aromatic rings. The third kappa shape index (κ3) is 4.95. The zero-order valence-corrected chi connectivity index (χ0v) is 14.2. The van der Waals surface area contributed by atoms with E-state index in [0.29, 0.717) is 19.3 Å². The minimum atomic E-state index is -0.701. The fourth-order valence-corrected chi connectivity index (χ4v) is 3.37. The second-order valence-electron chi connectivity index (χ2n) is 7.16. The number of amides is 2. The first-order valence-electron chi connectivity index (χ1n) is 9.11. The normalized spacial score (nSPS) is 20.2. The third-order valence-corrected chi connectivity index (χ3v) is 5.09. The highest BCUT2D eigenvalue weighted by molar-refractivity contribution is 5.89. The van der Waals surface area contributed by atoms with Crippen molar-refractivity contribution in [2.75, 3.05) is 11.9 Å². The zero-order chi connectivity index (χ0) is 16.8. The van der Waals surface area contributed by atoms with Gasteiger partial charge >= 0.3 is 6.03 Å². The molecule has 3 N–H and O–H groups in total. The average Bonchev–Trinajstić information content (AvgIpc) is 2.58. The molecule has 2 saturated carbocycles. The maximum absolute atomic E-state index is 12.0. The molecule has 0 aliphatic heterocycles. The summed E-state index contributed by atoms with van der Waals surface area (Å²) in [7, 11) is 0. The van der Waals surface area contributed by atoms with Gasteiger partial charge in [-0.3, -0.25) is 0 Å². The van der Waals surface area contributed by atoms with Crippen LogP contribution in [0.3, 0.4) is 0 Å². The Morgan fingerprint density at radius 1 is 1.21 bits per heavy atom. The van der Waals surface area contributed by atoms with E-state index >= 15 is 0 Å². The Morgan fingerprint density at radius 2 is 2.00 bits per heavy atom. The highest BCUT2D eigenvalue weighted by Crippen LogP contribution is 2.30. The molecule has 0 spiro atoms. The SMILES string of the molecule is O=C(NCC1(O)CCC1)Nc1cccc(COC2CCCCC2)c1. The minimum absolute atomic E-state index is 0.277. The van der Waals surface area contributed by atoms with E-state index < -0.39 is 5.60 Å². The quantitative estimate of drug-likeness (QED) is 0.746. The van der Waals surface area contributed by atoms with Gasteiger partial charge in [-0.2, -0.15) is 0 Å². The molecule has 132 valence electrons. The highest BCUT2D eigenvalue weighted by atomic mass is 16.5. The van der Waals surface area contributed by atoms with E-state index in [4.69, 9.17) is 4.74 Å². The van der Waals surface area contributed by atoms with Crippen molar-refractivity contribution in [1.82, 2.24) is 5.32 Å². The Bertz CT molecular complexity index is 551. The van der Waals surface area contributed by atoms with Crippen LogP contribution in [0.5, 0.6) is 0 Å². The van der Waals surface area contributed by atoms with Crippen molar-refractivity contribution in [3.8, 4) is 0 Å². The zero-order valence-electron chi connectivity index (χ0n) is 14.2. The van der Waals surface area contributed by atoms with Crippen LogP contribution in [0.1, 0.15) is 56.9 Å². The summed E-state index contributed by atoms with van der Waals surface area (Å²) < 4.78 is 5.98. The lowest BCUT2D eigenvalue weighted by atomic mass is 9.80. The topological polar surface area (TPSA) is 70.6 Å². The smallest absolute Gasteiger partial charge is 0.319 e. The summed E-state index contributed by atoms with van der Waals surface area (Å²) in [4.78, 5) is 12.0. The van der Waals surface area contributed by atoms with Gasteiger partial charge in [-0.25, -0.2) is 4.79 Å². The molecule has 5 heteroatoms. The van der Waals surface area contributed by atoms with Crippen LogP contribution in [0.4, 0.5) is 10.5 Å². The number of rotatable bonds is 6. The monoisotopic (exact) mass is 332 g/mol. The van der Waals surface area contributed by atoms with Crippen molar-refractivity contribution in [3.63, 3.8) is 0 Å². The lowest BCUT2D eigenvalue weighted by Crippen LogP contribution is -2.48. The largest absolute Gasteiger partial charge is 0.388 e. The summed E-state index contributed by atoms with van der Waals surface area (Å²) in [6.45, 7) is 0.894. The van der Waals surface area contributed by atoms with E-state index in [2.05, 4.69) is 10.6 Å². The van der Waals surface area contributed by atoms with Crippen LogP contribution >= 0.6 is 0 Å². The molecule has 0 aromatic heterocycles. The summed E-state index contributed by atoms with van der Waals surface area (Å²) >= 11 is 0. The molecular weight excluding hydrogens is 304 g/mol. The molecule has 3 rings (SSSR count). The Morgan fingerprint density at radius 3 is 2.71 bits per heavy atom.